The molecule has 3 aliphatic rings. The zero-order valence-electron chi connectivity index (χ0n) is 10.0. The second-order valence-corrected chi connectivity index (χ2v) is 5.29. The van der Waals surface area contributed by atoms with Crippen LogP contribution in [0.4, 0.5) is 0 Å². The third kappa shape index (κ3) is 1.93. The molecular formula is C13H13NO3S. The summed E-state index contributed by atoms with van der Waals surface area (Å²) in [4.78, 5) is 16.4. The highest BCUT2D eigenvalue weighted by molar-refractivity contribution is 8.03. The predicted octanol–water partition coefficient (Wildman–Crippen LogP) is 1.84. The van der Waals surface area contributed by atoms with Crippen molar-refractivity contribution in [1.29, 1.82) is 0 Å². The number of ketones is 1. The number of nitrogens with zero attached hydrogens (tertiary/aromatic N) is 1. The largest absolute Gasteiger partial charge is 0.481 e. The fraction of sp³-hybridized carbons (Fsp3) is 0.385. The summed E-state index contributed by atoms with van der Waals surface area (Å²) in [6, 6.07) is 0. The van der Waals surface area contributed by atoms with Crippen molar-refractivity contribution in [2.24, 2.45) is 4.99 Å². The molecule has 18 heavy (non-hydrogen) atoms. The summed E-state index contributed by atoms with van der Waals surface area (Å²) in [5.74, 6) is 1.45. The van der Waals surface area contributed by atoms with Gasteiger partial charge in [-0.2, -0.15) is 0 Å². The van der Waals surface area contributed by atoms with E-state index in [1.165, 1.54) is 6.08 Å². The molecule has 94 valence electrons. The lowest BCUT2D eigenvalue weighted by atomic mass is 9.99. The second-order valence-electron chi connectivity index (χ2n) is 4.20. The van der Waals surface area contributed by atoms with E-state index in [9.17, 15) is 4.79 Å². The van der Waals surface area contributed by atoms with Gasteiger partial charge in [-0.15, -0.1) is 11.8 Å². The molecule has 0 amide bonds. The van der Waals surface area contributed by atoms with Crippen molar-refractivity contribution in [3.63, 3.8) is 0 Å². The van der Waals surface area contributed by atoms with Crippen LogP contribution in [-0.4, -0.2) is 37.3 Å². The lowest BCUT2D eigenvalue weighted by Crippen LogP contribution is -2.33. The van der Waals surface area contributed by atoms with Crippen molar-refractivity contribution in [2.75, 3.05) is 19.5 Å². The van der Waals surface area contributed by atoms with E-state index in [-0.39, 0.29) is 5.78 Å². The predicted molar refractivity (Wildman–Crippen MR) is 70.5 cm³/mol. The van der Waals surface area contributed by atoms with Gasteiger partial charge in [0.05, 0.1) is 19.3 Å². The molecule has 0 aromatic heterocycles. The summed E-state index contributed by atoms with van der Waals surface area (Å²) < 4.78 is 11.1. The topological polar surface area (TPSA) is 47.9 Å². The van der Waals surface area contributed by atoms with Crippen LogP contribution in [0, 0.1) is 0 Å². The van der Waals surface area contributed by atoms with Crippen LogP contribution in [0.3, 0.4) is 0 Å². The molecule has 1 aliphatic carbocycles. The molecule has 0 fully saturated rings. The van der Waals surface area contributed by atoms with Crippen LogP contribution < -0.4 is 0 Å². The number of fused-ring (bicyclic) bond motifs is 1. The molecular weight excluding hydrogens is 250 g/mol. The highest BCUT2D eigenvalue weighted by atomic mass is 32.2. The maximum atomic E-state index is 11.9. The minimum absolute atomic E-state index is 0.0491. The Morgan fingerprint density at radius 3 is 3.28 bits per heavy atom. The molecule has 2 heterocycles. The van der Waals surface area contributed by atoms with E-state index in [2.05, 4.69) is 4.99 Å². The molecule has 1 unspecified atom stereocenters. The van der Waals surface area contributed by atoms with Crippen molar-refractivity contribution in [3.05, 3.63) is 34.4 Å². The van der Waals surface area contributed by atoms with Gasteiger partial charge in [-0.25, -0.2) is 4.99 Å². The van der Waals surface area contributed by atoms with Crippen LogP contribution in [-0.2, 0) is 14.3 Å². The van der Waals surface area contributed by atoms with Gasteiger partial charge in [0.2, 0.25) is 5.90 Å². The first-order valence-electron chi connectivity index (χ1n) is 5.81. The third-order valence-corrected chi connectivity index (χ3v) is 4.15. The van der Waals surface area contributed by atoms with Gasteiger partial charge in [0.1, 0.15) is 5.03 Å². The molecule has 5 heteroatoms. The lowest BCUT2D eigenvalue weighted by Gasteiger charge is -2.23. The van der Waals surface area contributed by atoms with Gasteiger partial charge in [0, 0.05) is 5.75 Å². The second kappa shape index (κ2) is 4.74. The molecule has 3 rings (SSSR count). The number of hydrogen-bond acceptors (Lipinski definition) is 5. The number of rotatable bonds is 0. The Morgan fingerprint density at radius 1 is 1.56 bits per heavy atom. The Kier molecular flexibility index (Phi) is 3.09. The molecule has 0 saturated carbocycles. The molecule has 0 N–H and O–H groups in total. The number of methoxy groups -OCH3 is 1. The van der Waals surface area contributed by atoms with Crippen LogP contribution in [0.5, 0.6) is 0 Å². The quantitative estimate of drug-likeness (QED) is 0.669. The van der Waals surface area contributed by atoms with Gasteiger partial charge in [-0.3, -0.25) is 4.79 Å². The zero-order chi connectivity index (χ0) is 12.5. The van der Waals surface area contributed by atoms with E-state index in [0.29, 0.717) is 18.1 Å². The molecule has 1 atom stereocenters. The highest BCUT2D eigenvalue weighted by Crippen LogP contribution is 2.35. The van der Waals surface area contributed by atoms with Gasteiger partial charge in [0.15, 0.2) is 11.9 Å². The number of aliphatic imine (C=N–C) groups is 1. The Balaban J connectivity index is 2.05. The Hall–Kier alpha value is -1.33. The summed E-state index contributed by atoms with van der Waals surface area (Å²) in [6.45, 7) is 0.477. The number of ether oxygens (including phenoxy) is 2. The van der Waals surface area contributed by atoms with E-state index in [1.54, 1.807) is 24.9 Å². The third-order valence-electron chi connectivity index (χ3n) is 3.09. The number of thioether (sulfide) groups is 1. The van der Waals surface area contributed by atoms with E-state index in [4.69, 9.17) is 9.47 Å². The van der Waals surface area contributed by atoms with Crippen LogP contribution >= 0.6 is 11.8 Å². The summed E-state index contributed by atoms with van der Waals surface area (Å²) >= 11 is 1.71. The number of carbonyl (C=O) groups is 1. The number of hydrogen-bond donors (Lipinski definition) is 0. The first kappa shape index (κ1) is 11.7. The maximum Gasteiger partial charge on any atom is 0.220 e. The molecule has 0 saturated heterocycles. The molecule has 2 aliphatic heterocycles. The molecule has 0 bridgehead atoms. The van der Waals surface area contributed by atoms with Crippen molar-refractivity contribution in [1.82, 2.24) is 0 Å². The van der Waals surface area contributed by atoms with Crippen molar-refractivity contribution in [2.45, 2.75) is 12.5 Å². The number of carbonyl (C=O) groups excluding carboxylic acids is 1. The maximum absolute atomic E-state index is 11.9. The Bertz CT molecular complexity index is 516. The van der Waals surface area contributed by atoms with Gasteiger partial charge in [-0.1, -0.05) is 12.2 Å². The first-order chi connectivity index (χ1) is 8.79. The molecule has 0 radical (unpaired) electrons. The van der Waals surface area contributed by atoms with E-state index in [0.717, 1.165) is 22.8 Å². The van der Waals surface area contributed by atoms with Crippen LogP contribution in [0.25, 0.3) is 0 Å². The fourth-order valence-electron chi connectivity index (χ4n) is 2.16. The van der Waals surface area contributed by atoms with E-state index >= 15 is 0 Å². The van der Waals surface area contributed by atoms with Crippen molar-refractivity contribution >= 4 is 23.4 Å². The number of allylic oxidation sites excluding steroid dienone is 2. The molecule has 0 spiro atoms. The average Bonchev–Trinajstić information content (AvgIpc) is 2.78. The van der Waals surface area contributed by atoms with Crippen LogP contribution in [0.2, 0.25) is 0 Å². The minimum atomic E-state index is -0.576. The smallest absolute Gasteiger partial charge is 0.220 e. The first-order valence-corrected chi connectivity index (χ1v) is 6.79. The van der Waals surface area contributed by atoms with E-state index < -0.39 is 6.10 Å². The monoisotopic (exact) mass is 263 g/mol. The summed E-state index contributed by atoms with van der Waals surface area (Å²) in [5, 5.41) is 0.980. The molecule has 0 aromatic carbocycles. The van der Waals surface area contributed by atoms with Gasteiger partial charge in [-0.05, 0) is 18.1 Å². The fourth-order valence-corrected chi connectivity index (χ4v) is 3.21. The van der Waals surface area contributed by atoms with Crippen LogP contribution in [0.1, 0.15) is 6.42 Å². The van der Waals surface area contributed by atoms with Crippen molar-refractivity contribution in [3.8, 4) is 0 Å². The summed E-state index contributed by atoms with van der Waals surface area (Å²) in [7, 11) is 1.57. The van der Waals surface area contributed by atoms with Crippen molar-refractivity contribution < 1.29 is 14.3 Å². The summed E-state index contributed by atoms with van der Waals surface area (Å²) in [6.07, 6.45) is 5.47. The zero-order valence-corrected chi connectivity index (χ0v) is 10.8. The molecule has 0 aromatic rings. The standard InChI is InChI=1S/C13H13NO3S/c1-16-12-9-3-2-4-10(15)11(9)17-7-8-5-6-18-13(8)14-12/h2-4,11H,5-7H2,1H3/b14-12+. The van der Waals surface area contributed by atoms with Crippen LogP contribution in [0.15, 0.2) is 39.4 Å². The summed E-state index contributed by atoms with van der Waals surface area (Å²) in [5.41, 5.74) is 1.88. The minimum Gasteiger partial charge on any atom is -0.481 e. The van der Waals surface area contributed by atoms with Gasteiger partial charge >= 0.3 is 0 Å². The molecule has 4 nitrogen and oxygen atoms in total. The SMILES string of the molecule is CO/C1=N/C2=C(CCS2)COC2C(=O)C=CC=C12. The Labute approximate surface area is 109 Å². The average molecular weight is 263 g/mol. The van der Waals surface area contributed by atoms with Gasteiger partial charge < -0.3 is 9.47 Å². The van der Waals surface area contributed by atoms with Gasteiger partial charge in [0.25, 0.3) is 0 Å². The Morgan fingerprint density at radius 2 is 2.44 bits per heavy atom. The highest BCUT2D eigenvalue weighted by Gasteiger charge is 2.31. The normalized spacial score (nSPS) is 29.8. The van der Waals surface area contributed by atoms with E-state index in [1.807, 2.05) is 6.08 Å². The lowest BCUT2D eigenvalue weighted by molar-refractivity contribution is -0.123.